The number of nitrogens with one attached hydrogen (secondary N) is 2. The van der Waals surface area contributed by atoms with E-state index in [0.29, 0.717) is 13.2 Å². The molecule has 4 heteroatoms. The van der Waals surface area contributed by atoms with Crippen LogP contribution in [0.1, 0.15) is 18.1 Å². The standard InChI is InChI=1S/C15H24N2O2/c1-3-16-6-7-17-5-4-13-11-15-14(10-12(13)2)18-8-9-19-15/h10-11,16-17H,3-9H2,1-2H3. The van der Waals surface area contributed by atoms with E-state index in [-0.39, 0.29) is 0 Å². The van der Waals surface area contributed by atoms with Crippen LogP contribution in [0, 0.1) is 6.92 Å². The van der Waals surface area contributed by atoms with E-state index < -0.39 is 0 Å². The number of benzene rings is 1. The molecule has 1 aromatic carbocycles. The van der Waals surface area contributed by atoms with E-state index in [1.165, 1.54) is 11.1 Å². The lowest BCUT2D eigenvalue weighted by Crippen LogP contribution is -2.28. The van der Waals surface area contributed by atoms with E-state index in [9.17, 15) is 0 Å². The van der Waals surface area contributed by atoms with Gasteiger partial charge in [0.05, 0.1) is 0 Å². The Balaban J connectivity index is 1.83. The summed E-state index contributed by atoms with van der Waals surface area (Å²) in [5.74, 6) is 1.77. The molecule has 2 rings (SSSR count). The minimum absolute atomic E-state index is 0.649. The number of fused-ring (bicyclic) bond motifs is 1. The lowest BCUT2D eigenvalue weighted by molar-refractivity contribution is 0.171. The van der Waals surface area contributed by atoms with Gasteiger partial charge in [-0.2, -0.15) is 0 Å². The zero-order valence-corrected chi connectivity index (χ0v) is 11.9. The van der Waals surface area contributed by atoms with E-state index in [2.05, 4.69) is 36.6 Å². The molecule has 0 amide bonds. The first-order chi connectivity index (χ1) is 9.31. The molecule has 1 aromatic rings. The molecule has 0 bridgehead atoms. The summed E-state index contributed by atoms with van der Waals surface area (Å²) >= 11 is 0. The van der Waals surface area contributed by atoms with Crippen LogP contribution in [-0.2, 0) is 6.42 Å². The molecule has 1 heterocycles. The summed E-state index contributed by atoms with van der Waals surface area (Å²) in [6.45, 7) is 9.61. The second-order valence-electron chi connectivity index (χ2n) is 4.78. The highest BCUT2D eigenvalue weighted by Crippen LogP contribution is 2.32. The fourth-order valence-electron chi connectivity index (χ4n) is 2.20. The third kappa shape index (κ3) is 4.11. The van der Waals surface area contributed by atoms with Crippen molar-refractivity contribution in [2.75, 3.05) is 39.4 Å². The highest BCUT2D eigenvalue weighted by Gasteiger charge is 2.13. The summed E-state index contributed by atoms with van der Waals surface area (Å²) in [6.07, 6.45) is 1.02. The molecule has 19 heavy (non-hydrogen) atoms. The normalized spacial score (nSPS) is 13.6. The highest BCUT2D eigenvalue weighted by molar-refractivity contribution is 5.47. The van der Waals surface area contributed by atoms with Gasteiger partial charge >= 0.3 is 0 Å². The van der Waals surface area contributed by atoms with Gasteiger partial charge in [-0.3, -0.25) is 0 Å². The third-order valence-corrected chi connectivity index (χ3v) is 3.30. The van der Waals surface area contributed by atoms with Crippen molar-refractivity contribution in [2.45, 2.75) is 20.3 Å². The lowest BCUT2D eigenvalue weighted by Gasteiger charge is -2.20. The van der Waals surface area contributed by atoms with Gasteiger partial charge in [-0.15, -0.1) is 0 Å². The molecule has 2 N–H and O–H groups in total. The molecule has 0 saturated heterocycles. The maximum absolute atomic E-state index is 5.62. The van der Waals surface area contributed by atoms with Gasteiger partial charge < -0.3 is 20.1 Å². The topological polar surface area (TPSA) is 42.5 Å². The SMILES string of the molecule is CCNCCNCCc1cc2c(cc1C)OCCO2. The van der Waals surface area contributed by atoms with Gasteiger partial charge in [0.2, 0.25) is 0 Å². The van der Waals surface area contributed by atoms with Gasteiger partial charge in [0.25, 0.3) is 0 Å². The molecule has 0 radical (unpaired) electrons. The minimum atomic E-state index is 0.649. The summed E-state index contributed by atoms with van der Waals surface area (Å²) in [5.41, 5.74) is 2.61. The fourth-order valence-corrected chi connectivity index (χ4v) is 2.20. The molecule has 0 aliphatic carbocycles. The Labute approximate surface area is 115 Å². The van der Waals surface area contributed by atoms with E-state index in [4.69, 9.17) is 9.47 Å². The molecule has 0 spiro atoms. The van der Waals surface area contributed by atoms with Gasteiger partial charge in [-0.05, 0) is 49.7 Å². The van der Waals surface area contributed by atoms with E-state index in [1.54, 1.807) is 0 Å². The summed E-state index contributed by atoms with van der Waals surface area (Å²) in [5, 5.41) is 6.74. The van der Waals surface area contributed by atoms with Crippen molar-refractivity contribution < 1.29 is 9.47 Å². The van der Waals surface area contributed by atoms with Crippen LogP contribution in [0.3, 0.4) is 0 Å². The van der Waals surface area contributed by atoms with Crippen molar-refractivity contribution >= 4 is 0 Å². The van der Waals surface area contributed by atoms with Crippen molar-refractivity contribution in [3.05, 3.63) is 23.3 Å². The molecule has 0 unspecified atom stereocenters. The average Bonchev–Trinajstić information content (AvgIpc) is 2.43. The number of hydrogen-bond acceptors (Lipinski definition) is 4. The molecule has 0 atom stereocenters. The second kappa shape index (κ2) is 7.36. The number of likely N-dealkylation sites (N-methyl/N-ethyl adjacent to an activating group) is 1. The fraction of sp³-hybridized carbons (Fsp3) is 0.600. The summed E-state index contributed by atoms with van der Waals surface area (Å²) < 4.78 is 11.2. The van der Waals surface area contributed by atoms with Crippen molar-refractivity contribution in [1.82, 2.24) is 10.6 Å². The average molecular weight is 264 g/mol. The summed E-state index contributed by atoms with van der Waals surface area (Å²) in [4.78, 5) is 0. The Morgan fingerprint density at radius 1 is 1.00 bits per heavy atom. The van der Waals surface area contributed by atoms with Crippen molar-refractivity contribution in [3.8, 4) is 11.5 Å². The van der Waals surface area contributed by atoms with Crippen molar-refractivity contribution in [3.63, 3.8) is 0 Å². The lowest BCUT2D eigenvalue weighted by atomic mass is 10.0. The van der Waals surface area contributed by atoms with Crippen LogP contribution in [0.25, 0.3) is 0 Å². The second-order valence-corrected chi connectivity index (χ2v) is 4.78. The zero-order chi connectivity index (χ0) is 13.5. The summed E-state index contributed by atoms with van der Waals surface area (Å²) in [7, 11) is 0. The predicted octanol–water partition coefficient (Wildman–Crippen LogP) is 1.51. The number of rotatable bonds is 7. The van der Waals surface area contributed by atoms with Crippen LogP contribution >= 0.6 is 0 Å². The van der Waals surface area contributed by atoms with Crippen LogP contribution in [0.2, 0.25) is 0 Å². The first-order valence-electron chi connectivity index (χ1n) is 7.12. The Morgan fingerprint density at radius 2 is 1.68 bits per heavy atom. The Hall–Kier alpha value is -1.26. The maximum Gasteiger partial charge on any atom is 0.161 e. The quantitative estimate of drug-likeness (QED) is 0.733. The smallest absolute Gasteiger partial charge is 0.161 e. The van der Waals surface area contributed by atoms with Crippen LogP contribution < -0.4 is 20.1 Å². The maximum atomic E-state index is 5.62. The highest BCUT2D eigenvalue weighted by atomic mass is 16.6. The van der Waals surface area contributed by atoms with Crippen LogP contribution in [-0.4, -0.2) is 39.4 Å². The third-order valence-electron chi connectivity index (χ3n) is 3.30. The molecule has 1 aliphatic heterocycles. The van der Waals surface area contributed by atoms with E-state index >= 15 is 0 Å². The largest absolute Gasteiger partial charge is 0.486 e. The van der Waals surface area contributed by atoms with Gasteiger partial charge in [0.15, 0.2) is 11.5 Å². The molecule has 0 fully saturated rings. The van der Waals surface area contributed by atoms with Gasteiger partial charge in [0.1, 0.15) is 13.2 Å². The van der Waals surface area contributed by atoms with Gasteiger partial charge in [-0.1, -0.05) is 6.92 Å². The van der Waals surface area contributed by atoms with Crippen LogP contribution in [0.4, 0.5) is 0 Å². The molecular weight excluding hydrogens is 240 g/mol. The number of ether oxygens (including phenoxy) is 2. The first-order valence-corrected chi connectivity index (χ1v) is 7.12. The molecule has 1 aliphatic rings. The Kier molecular flexibility index (Phi) is 5.48. The molecule has 0 aromatic heterocycles. The number of aryl methyl sites for hydroxylation is 1. The molecular formula is C15H24N2O2. The van der Waals surface area contributed by atoms with Crippen molar-refractivity contribution in [1.29, 1.82) is 0 Å². The predicted molar refractivity (Wildman–Crippen MR) is 77.3 cm³/mol. The van der Waals surface area contributed by atoms with Crippen molar-refractivity contribution in [2.24, 2.45) is 0 Å². The van der Waals surface area contributed by atoms with E-state index in [1.807, 2.05) is 0 Å². The number of hydrogen-bond donors (Lipinski definition) is 2. The Morgan fingerprint density at radius 3 is 2.42 bits per heavy atom. The summed E-state index contributed by atoms with van der Waals surface area (Å²) in [6, 6.07) is 4.21. The van der Waals surface area contributed by atoms with Gasteiger partial charge in [-0.25, -0.2) is 0 Å². The molecule has 106 valence electrons. The Bertz CT molecular complexity index is 407. The van der Waals surface area contributed by atoms with Crippen LogP contribution in [0.5, 0.6) is 11.5 Å². The molecule has 0 saturated carbocycles. The first kappa shape index (κ1) is 14.2. The minimum Gasteiger partial charge on any atom is -0.486 e. The monoisotopic (exact) mass is 264 g/mol. The zero-order valence-electron chi connectivity index (χ0n) is 11.9. The molecule has 4 nitrogen and oxygen atoms in total. The van der Waals surface area contributed by atoms with Crippen LogP contribution in [0.15, 0.2) is 12.1 Å². The van der Waals surface area contributed by atoms with Gasteiger partial charge in [0, 0.05) is 13.1 Å². The van der Waals surface area contributed by atoms with E-state index in [0.717, 1.165) is 44.1 Å².